The SMILES string of the molecule is Cc1ccccc1C(O)c1ccn(-c2ccccc2)n1. The third-order valence-electron chi connectivity index (χ3n) is 3.39. The Kier molecular flexibility index (Phi) is 3.35. The number of aliphatic hydroxyl groups is 1. The number of rotatable bonds is 3. The number of hydrogen-bond donors (Lipinski definition) is 1. The van der Waals surface area contributed by atoms with Crippen LogP contribution in [0.25, 0.3) is 5.69 Å². The molecule has 1 aromatic heterocycles. The predicted octanol–water partition coefficient (Wildman–Crippen LogP) is 3.26. The van der Waals surface area contributed by atoms with E-state index in [1.807, 2.05) is 73.8 Å². The lowest BCUT2D eigenvalue weighted by Gasteiger charge is -2.11. The minimum absolute atomic E-state index is 0.656. The Balaban J connectivity index is 1.93. The number of hydrogen-bond acceptors (Lipinski definition) is 2. The summed E-state index contributed by atoms with van der Waals surface area (Å²) in [6, 6.07) is 19.5. The predicted molar refractivity (Wildman–Crippen MR) is 78.8 cm³/mol. The molecule has 0 saturated heterocycles. The molecule has 20 heavy (non-hydrogen) atoms. The van der Waals surface area contributed by atoms with Gasteiger partial charge in [0, 0.05) is 6.20 Å². The zero-order chi connectivity index (χ0) is 13.9. The molecule has 0 radical (unpaired) electrons. The Morgan fingerprint density at radius 2 is 1.65 bits per heavy atom. The number of aryl methyl sites for hydroxylation is 1. The molecule has 100 valence electrons. The molecular formula is C17H16N2O. The zero-order valence-electron chi connectivity index (χ0n) is 11.3. The summed E-state index contributed by atoms with van der Waals surface area (Å²) >= 11 is 0. The lowest BCUT2D eigenvalue weighted by atomic mass is 10.0. The van der Waals surface area contributed by atoms with E-state index in [0.29, 0.717) is 5.69 Å². The molecule has 0 aliphatic heterocycles. The van der Waals surface area contributed by atoms with Crippen LogP contribution in [-0.4, -0.2) is 14.9 Å². The van der Waals surface area contributed by atoms with Crippen LogP contribution >= 0.6 is 0 Å². The number of para-hydroxylation sites is 1. The monoisotopic (exact) mass is 264 g/mol. The Morgan fingerprint density at radius 3 is 2.40 bits per heavy atom. The number of nitrogens with zero attached hydrogens (tertiary/aromatic N) is 2. The van der Waals surface area contributed by atoms with Crippen LogP contribution in [0.1, 0.15) is 22.9 Å². The van der Waals surface area contributed by atoms with Gasteiger partial charge in [0.1, 0.15) is 6.10 Å². The van der Waals surface area contributed by atoms with E-state index in [4.69, 9.17) is 0 Å². The topological polar surface area (TPSA) is 38.0 Å². The fraction of sp³-hybridized carbons (Fsp3) is 0.118. The van der Waals surface area contributed by atoms with Gasteiger partial charge in [-0.1, -0.05) is 42.5 Å². The van der Waals surface area contributed by atoms with Crippen LogP contribution in [-0.2, 0) is 0 Å². The van der Waals surface area contributed by atoms with Crippen molar-refractivity contribution in [3.8, 4) is 5.69 Å². The highest BCUT2D eigenvalue weighted by Crippen LogP contribution is 2.23. The molecule has 0 fully saturated rings. The number of aromatic nitrogens is 2. The molecule has 0 saturated carbocycles. The van der Waals surface area contributed by atoms with Crippen LogP contribution in [0.4, 0.5) is 0 Å². The van der Waals surface area contributed by atoms with Gasteiger partial charge in [0.05, 0.1) is 11.4 Å². The van der Waals surface area contributed by atoms with Crippen LogP contribution in [0.2, 0.25) is 0 Å². The quantitative estimate of drug-likeness (QED) is 0.788. The molecule has 0 aliphatic carbocycles. The second-order valence-electron chi connectivity index (χ2n) is 4.78. The largest absolute Gasteiger partial charge is 0.382 e. The summed E-state index contributed by atoms with van der Waals surface area (Å²) in [5.74, 6) is 0. The van der Waals surface area contributed by atoms with Gasteiger partial charge in [0.15, 0.2) is 0 Å². The Morgan fingerprint density at radius 1 is 0.950 bits per heavy atom. The summed E-state index contributed by atoms with van der Waals surface area (Å²) in [4.78, 5) is 0. The minimum atomic E-state index is -0.693. The molecule has 2 aromatic carbocycles. The Hall–Kier alpha value is -2.39. The molecule has 0 amide bonds. The van der Waals surface area contributed by atoms with Crippen LogP contribution in [0.15, 0.2) is 66.9 Å². The number of aliphatic hydroxyl groups excluding tert-OH is 1. The second-order valence-corrected chi connectivity index (χ2v) is 4.78. The number of benzene rings is 2. The molecule has 3 aromatic rings. The van der Waals surface area contributed by atoms with Crippen molar-refractivity contribution in [2.75, 3.05) is 0 Å². The normalized spacial score (nSPS) is 12.3. The van der Waals surface area contributed by atoms with Crippen LogP contribution in [0, 0.1) is 6.92 Å². The standard InChI is InChI=1S/C17H16N2O/c1-13-7-5-6-10-15(13)17(20)16-11-12-19(18-16)14-8-3-2-4-9-14/h2-12,17,20H,1H3. The molecule has 3 heteroatoms. The van der Waals surface area contributed by atoms with E-state index in [-0.39, 0.29) is 0 Å². The van der Waals surface area contributed by atoms with Gasteiger partial charge in [-0.05, 0) is 36.2 Å². The highest BCUT2D eigenvalue weighted by molar-refractivity contribution is 5.34. The van der Waals surface area contributed by atoms with Crippen molar-refractivity contribution < 1.29 is 5.11 Å². The maximum atomic E-state index is 10.5. The Bertz CT molecular complexity index is 704. The Labute approximate surface area is 118 Å². The first-order valence-corrected chi connectivity index (χ1v) is 6.60. The maximum Gasteiger partial charge on any atom is 0.123 e. The van der Waals surface area contributed by atoms with E-state index in [1.165, 1.54) is 0 Å². The van der Waals surface area contributed by atoms with Crippen molar-refractivity contribution >= 4 is 0 Å². The zero-order valence-corrected chi connectivity index (χ0v) is 11.3. The van der Waals surface area contributed by atoms with E-state index < -0.39 is 6.10 Å². The third kappa shape index (κ3) is 2.36. The van der Waals surface area contributed by atoms with Gasteiger partial charge in [0.25, 0.3) is 0 Å². The molecule has 1 unspecified atom stereocenters. The maximum absolute atomic E-state index is 10.5. The highest BCUT2D eigenvalue weighted by atomic mass is 16.3. The first-order chi connectivity index (χ1) is 9.75. The van der Waals surface area contributed by atoms with E-state index in [1.54, 1.807) is 4.68 Å². The molecule has 1 heterocycles. The van der Waals surface area contributed by atoms with Crippen molar-refractivity contribution in [3.63, 3.8) is 0 Å². The van der Waals surface area contributed by atoms with Gasteiger partial charge in [0.2, 0.25) is 0 Å². The molecule has 1 atom stereocenters. The molecule has 0 spiro atoms. The first kappa shape index (κ1) is 12.6. The average molecular weight is 264 g/mol. The fourth-order valence-electron chi connectivity index (χ4n) is 2.26. The fourth-order valence-corrected chi connectivity index (χ4v) is 2.26. The third-order valence-corrected chi connectivity index (χ3v) is 3.39. The van der Waals surface area contributed by atoms with Crippen molar-refractivity contribution in [1.29, 1.82) is 0 Å². The summed E-state index contributed by atoms with van der Waals surface area (Å²) in [5.41, 5.74) is 3.60. The second kappa shape index (κ2) is 5.31. The summed E-state index contributed by atoms with van der Waals surface area (Å²) in [6.07, 6.45) is 1.17. The van der Waals surface area contributed by atoms with E-state index in [2.05, 4.69) is 5.10 Å². The molecule has 0 aliphatic rings. The lowest BCUT2D eigenvalue weighted by molar-refractivity contribution is 0.214. The van der Waals surface area contributed by atoms with Gasteiger partial charge in [-0.3, -0.25) is 0 Å². The summed E-state index contributed by atoms with van der Waals surface area (Å²) in [7, 11) is 0. The highest BCUT2D eigenvalue weighted by Gasteiger charge is 2.15. The smallest absolute Gasteiger partial charge is 0.123 e. The summed E-state index contributed by atoms with van der Waals surface area (Å²) in [5, 5.41) is 14.9. The molecule has 3 nitrogen and oxygen atoms in total. The van der Waals surface area contributed by atoms with E-state index >= 15 is 0 Å². The van der Waals surface area contributed by atoms with Gasteiger partial charge < -0.3 is 5.11 Å². The van der Waals surface area contributed by atoms with E-state index in [0.717, 1.165) is 16.8 Å². The summed E-state index contributed by atoms with van der Waals surface area (Å²) < 4.78 is 1.77. The van der Waals surface area contributed by atoms with E-state index in [9.17, 15) is 5.11 Å². The average Bonchev–Trinajstić information content (AvgIpc) is 2.98. The van der Waals surface area contributed by atoms with Gasteiger partial charge in [-0.2, -0.15) is 5.10 Å². The van der Waals surface area contributed by atoms with Gasteiger partial charge >= 0.3 is 0 Å². The van der Waals surface area contributed by atoms with Crippen LogP contribution < -0.4 is 0 Å². The van der Waals surface area contributed by atoms with Crippen molar-refractivity contribution in [1.82, 2.24) is 9.78 Å². The first-order valence-electron chi connectivity index (χ1n) is 6.60. The van der Waals surface area contributed by atoms with Crippen LogP contribution in [0.3, 0.4) is 0 Å². The van der Waals surface area contributed by atoms with Crippen molar-refractivity contribution in [2.45, 2.75) is 13.0 Å². The van der Waals surface area contributed by atoms with Crippen molar-refractivity contribution in [2.24, 2.45) is 0 Å². The van der Waals surface area contributed by atoms with Gasteiger partial charge in [-0.15, -0.1) is 0 Å². The molecular weight excluding hydrogens is 248 g/mol. The van der Waals surface area contributed by atoms with Crippen molar-refractivity contribution in [3.05, 3.63) is 83.7 Å². The lowest BCUT2D eigenvalue weighted by Crippen LogP contribution is -2.04. The molecule has 0 bridgehead atoms. The molecule has 1 N–H and O–H groups in total. The van der Waals surface area contributed by atoms with Gasteiger partial charge in [-0.25, -0.2) is 4.68 Å². The van der Waals surface area contributed by atoms with Crippen LogP contribution in [0.5, 0.6) is 0 Å². The minimum Gasteiger partial charge on any atom is -0.382 e. The molecule has 3 rings (SSSR count). The summed E-state index contributed by atoms with van der Waals surface area (Å²) in [6.45, 7) is 1.99.